The second-order valence-electron chi connectivity index (χ2n) is 7.98. The minimum atomic E-state index is -4.46. The number of nitrogens with one attached hydrogen (secondary N) is 3. The number of thiazole rings is 1. The van der Waals surface area contributed by atoms with E-state index in [2.05, 4.69) is 20.7 Å². The van der Waals surface area contributed by atoms with Crippen LogP contribution in [0.5, 0.6) is 0 Å². The Bertz CT molecular complexity index is 1010. The number of aromatic nitrogens is 1. The Morgan fingerprint density at radius 2 is 1.85 bits per heavy atom. The summed E-state index contributed by atoms with van der Waals surface area (Å²) < 4.78 is 17.1. The van der Waals surface area contributed by atoms with E-state index in [1.54, 1.807) is 32.2 Å². The molecule has 13 heteroatoms. The molecule has 34 heavy (non-hydrogen) atoms. The molecular weight excluding hydrogens is 483 g/mol. The molecule has 2 amide bonds. The highest BCUT2D eigenvalue weighted by Crippen LogP contribution is 2.37. The molecule has 0 aliphatic carbocycles. The lowest BCUT2D eigenvalue weighted by Gasteiger charge is -2.24. The first-order valence-corrected chi connectivity index (χ1v) is 12.9. The molecule has 1 unspecified atom stereocenters. The monoisotopic (exact) mass is 512 g/mol. The number of hydrogen-bond acceptors (Lipinski definition) is 7. The maximum absolute atomic E-state index is 12.9. The minimum Gasteiger partial charge on any atom is -0.480 e. The summed E-state index contributed by atoms with van der Waals surface area (Å²) in [7, 11) is -4.46. The maximum atomic E-state index is 12.9. The number of nitrogens with zero attached hydrogens (tertiary/aromatic N) is 1. The summed E-state index contributed by atoms with van der Waals surface area (Å²) in [6, 6.07) is 4.73. The van der Waals surface area contributed by atoms with Crippen LogP contribution in [0.15, 0.2) is 35.8 Å². The van der Waals surface area contributed by atoms with Gasteiger partial charge in [-0.25, -0.2) is 19.4 Å². The van der Waals surface area contributed by atoms with Crippen molar-refractivity contribution in [3.8, 4) is 10.6 Å². The SMILES string of the molecule is CC(=O)NCOP(=O)(O)N[C@@H](CC(C)C)C(=O)N[C@@H](Cc1ccc(-c2nccs2)cc1)C(=O)O. The third kappa shape index (κ3) is 9.32. The number of carbonyl (C=O) groups excluding carboxylic acids is 2. The van der Waals surface area contributed by atoms with Crippen molar-refractivity contribution >= 4 is 36.9 Å². The second-order valence-corrected chi connectivity index (χ2v) is 10.4. The van der Waals surface area contributed by atoms with E-state index in [1.807, 2.05) is 17.5 Å². The van der Waals surface area contributed by atoms with Gasteiger partial charge in [-0.2, -0.15) is 0 Å². The number of benzene rings is 1. The van der Waals surface area contributed by atoms with Gasteiger partial charge in [0, 0.05) is 30.5 Å². The largest absolute Gasteiger partial charge is 0.480 e. The Morgan fingerprint density at radius 3 is 2.38 bits per heavy atom. The predicted octanol–water partition coefficient (Wildman–Crippen LogP) is 2.14. The van der Waals surface area contributed by atoms with Gasteiger partial charge in [0.1, 0.15) is 17.8 Å². The van der Waals surface area contributed by atoms with E-state index in [4.69, 9.17) is 4.52 Å². The van der Waals surface area contributed by atoms with Gasteiger partial charge >= 0.3 is 13.7 Å². The van der Waals surface area contributed by atoms with Crippen LogP contribution in [0.4, 0.5) is 0 Å². The fourth-order valence-electron chi connectivity index (χ4n) is 3.00. The van der Waals surface area contributed by atoms with Crippen molar-refractivity contribution < 1.29 is 33.5 Å². The van der Waals surface area contributed by atoms with Crippen molar-refractivity contribution in [2.24, 2.45) is 5.92 Å². The first-order chi connectivity index (χ1) is 16.0. The molecule has 0 saturated heterocycles. The average Bonchev–Trinajstić information content (AvgIpc) is 3.27. The minimum absolute atomic E-state index is 0.0173. The summed E-state index contributed by atoms with van der Waals surface area (Å²) in [6.07, 6.45) is 1.86. The number of carboxylic acids is 1. The summed E-state index contributed by atoms with van der Waals surface area (Å²) >= 11 is 1.48. The highest BCUT2D eigenvalue weighted by molar-refractivity contribution is 7.50. The Kier molecular flexibility index (Phi) is 10.3. The number of amides is 2. The zero-order chi connectivity index (χ0) is 25.3. The molecular formula is C21H29N4O7PS. The number of rotatable bonds is 13. The zero-order valence-electron chi connectivity index (χ0n) is 19.1. The van der Waals surface area contributed by atoms with Crippen LogP contribution in [-0.2, 0) is 29.9 Å². The van der Waals surface area contributed by atoms with E-state index in [9.17, 15) is 28.9 Å². The van der Waals surface area contributed by atoms with Crippen LogP contribution in [0.1, 0.15) is 32.8 Å². The standard InChI is InChI=1S/C21H29N4O7PS/c1-13(2)10-17(25-33(30,31)32-12-23-14(3)26)19(27)24-18(21(28)29)11-15-4-6-16(7-5-15)20-22-8-9-34-20/h4-9,13,17-18H,10-12H2,1-3H3,(H,23,26)(H,24,27)(H,28,29)(H2,25,30,31)/t17-,18-/m0/s1. The van der Waals surface area contributed by atoms with E-state index in [0.717, 1.165) is 10.6 Å². The van der Waals surface area contributed by atoms with Crippen molar-refractivity contribution in [1.82, 2.24) is 20.7 Å². The molecule has 3 atom stereocenters. The highest BCUT2D eigenvalue weighted by atomic mass is 32.1. The van der Waals surface area contributed by atoms with Gasteiger partial charge in [0.25, 0.3) is 0 Å². The van der Waals surface area contributed by atoms with Crippen LogP contribution in [0.25, 0.3) is 10.6 Å². The normalized spacial score (nSPS) is 14.7. The molecule has 1 aromatic carbocycles. The third-order valence-electron chi connectivity index (χ3n) is 4.59. The summed E-state index contributed by atoms with van der Waals surface area (Å²) in [6.45, 7) is 4.30. The topological polar surface area (TPSA) is 167 Å². The number of hydrogen-bond donors (Lipinski definition) is 5. The highest BCUT2D eigenvalue weighted by Gasteiger charge is 2.32. The molecule has 0 aliphatic rings. The lowest BCUT2D eigenvalue weighted by Crippen LogP contribution is -2.50. The summed E-state index contributed by atoms with van der Waals surface area (Å²) in [4.78, 5) is 49.8. The van der Waals surface area contributed by atoms with E-state index < -0.39 is 44.3 Å². The first kappa shape index (κ1) is 27.6. The van der Waals surface area contributed by atoms with Gasteiger partial charge in [0.2, 0.25) is 11.8 Å². The molecule has 11 nitrogen and oxygen atoms in total. The van der Waals surface area contributed by atoms with Crippen molar-refractivity contribution in [1.29, 1.82) is 0 Å². The average molecular weight is 513 g/mol. The Labute approximate surface area is 201 Å². The summed E-state index contributed by atoms with van der Waals surface area (Å²) in [5.41, 5.74) is 1.58. The van der Waals surface area contributed by atoms with Gasteiger partial charge in [0.05, 0.1) is 6.04 Å². The van der Waals surface area contributed by atoms with E-state index in [1.165, 1.54) is 18.3 Å². The number of aliphatic carboxylic acids is 1. The third-order valence-corrected chi connectivity index (χ3v) is 6.53. The van der Waals surface area contributed by atoms with Gasteiger partial charge in [0.15, 0.2) is 0 Å². The van der Waals surface area contributed by atoms with Gasteiger partial charge in [-0.3, -0.25) is 14.1 Å². The van der Waals surface area contributed by atoms with Gasteiger partial charge in [-0.1, -0.05) is 38.1 Å². The molecule has 2 aromatic rings. The number of carboxylic acid groups (broad SMARTS) is 1. The molecule has 0 fully saturated rings. The molecule has 0 aliphatic heterocycles. The van der Waals surface area contributed by atoms with Crippen molar-refractivity contribution in [2.45, 2.75) is 45.7 Å². The molecule has 5 N–H and O–H groups in total. The Morgan fingerprint density at radius 1 is 1.18 bits per heavy atom. The molecule has 1 aromatic heterocycles. The van der Waals surface area contributed by atoms with Crippen LogP contribution >= 0.6 is 19.1 Å². The van der Waals surface area contributed by atoms with E-state index >= 15 is 0 Å². The van der Waals surface area contributed by atoms with Gasteiger partial charge in [-0.05, 0) is 17.9 Å². The molecule has 0 radical (unpaired) electrons. The van der Waals surface area contributed by atoms with Crippen LogP contribution in [0.3, 0.4) is 0 Å². The first-order valence-electron chi connectivity index (χ1n) is 10.5. The van der Waals surface area contributed by atoms with Crippen molar-refractivity contribution in [3.63, 3.8) is 0 Å². The zero-order valence-corrected chi connectivity index (χ0v) is 20.8. The van der Waals surface area contributed by atoms with Crippen LogP contribution < -0.4 is 15.7 Å². The van der Waals surface area contributed by atoms with Crippen LogP contribution in [-0.4, -0.2) is 51.6 Å². The fourth-order valence-corrected chi connectivity index (χ4v) is 4.58. The molecule has 186 valence electrons. The fraction of sp³-hybridized carbons (Fsp3) is 0.429. The summed E-state index contributed by atoms with van der Waals surface area (Å²) in [5, 5.41) is 19.3. The number of carbonyl (C=O) groups is 3. The molecule has 1 heterocycles. The lowest BCUT2D eigenvalue weighted by atomic mass is 10.0. The molecule has 2 rings (SSSR count). The summed E-state index contributed by atoms with van der Waals surface area (Å²) in [5.74, 6) is -2.51. The molecule has 0 bridgehead atoms. The van der Waals surface area contributed by atoms with Crippen molar-refractivity contribution in [3.05, 3.63) is 41.4 Å². The molecule has 0 saturated carbocycles. The quantitative estimate of drug-likeness (QED) is 0.199. The Hall–Kier alpha value is -2.63. The van der Waals surface area contributed by atoms with Gasteiger partial charge < -0.3 is 20.6 Å². The van der Waals surface area contributed by atoms with E-state index in [0.29, 0.717) is 5.56 Å². The smallest absolute Gasteiger partial charge is 0.405 e. The second kappa shape index (κ2) is 12.7. The van der Waals surface area contributed by atoms with Gasteiger partial charge in [-0.15, -0.1) is 11.3 Å². The lowest BCUT2D eigenvalue weighted by molar-refractivity contribution is -0.142. The van der Waals surface area contributed by atoms with Crippen LogP contribution in [0.2, 0.25) is 0 Å². The molecule has 0 spiro atoms. The maximum Gasteiger partial charge on any atom is 0.405 e. The Balaban J connectivity index is 2.06. The van der Waals surface area contributed by atoms with E-state index in [-0.39, 0.29) is 18.8 Å². The van der Waals surface area contributed by atoms with Crippen LogP contribution in [0, 0.1) is 5.92 Å². The predicted molar refractivity (Wildman–Crippen MR) is 127 cm³/mol. The van der Waals surface area contributed by atoms with Crippen molar-refractivity contribution in [2.75, 3.05) is 6.73 Å².